The van der Waals surface area contributed by atoms with E-state index in [4.69, 9.17) is 4.42 Å². The molecule has 0 unspecified atom stereocenters. The van der Waals surface area contributed by atoms with Crippen LogP contribution in [0.4, 0.5) is 17.1 Å². The molecule has 2 aliphatic heterocycles. The quantitative estimate of drug-likeness (QED) is 0.125. The van der Waals surface area contributed by atoms with Gasteiger partial charge < -0.3 is 8.98 Å². The summed E-state index contributed by atoms with van der Waals surface area (Å²) in [5, 5.41) is 16.6. The van der Waals surface area contributed by atoms with Crippen molar-refractivity contribution < 1.29 is 4.42 Å². The molecule has 0 fully saturated rings. The Morgan fingerprint density at radius 1 is 0.379 bits per heavy atom. The van der Waals surface area contributed by atoms with Crippen LogP contribution in [0.25, 0.3) is 49.4 Å². The van der Waals surface area contributed by atoms with Crippen LogP contribution in [-0.2, 0) is 0 Å². The van der Waals surface area contributed by atoms with E-state index in [1.807, 2.05) is 6.07 Å². The molecule has 0 amide bonds. The smallest absolute Gasteiger partial charge is 0.179 e. The minimum atomic E-state index is -2.92. The molecule has 0 saturated heterocycles. The fraction of sp³-hybridized carbons (Fsp3) is 0. The topological polar surface area (TPSA) is 27.8 Å². The summed E-state index contributed by atoms with van der Waals surface area (Å²) in [6.45, 7) is 0. The Hall–Kier alpha value is -7.54. The highest BCUT2D eigenvalue weighted by atomic mass is 28.3. The predicted molar refractivity (Wildman–Crippen MR) is 243 cm³/mol. The molecule has 274 valence electrons. The first-order valence-electron chi connectivity index (χ1n) is 19.8. The van der Waals surface area contributed by atoms with Gasteiger partial charge in [-0.25, -0.2) is 10.0 Å². The summed E-state index contributed by atoms with van der Waals surface area (Å²) in [5.74, 6) is 0. The number of fused-ring (bicyclic) bond motifs is 9. The Labute approximate surface area is 336 Å². The maximum atomic E-state index is 6.57. The Kier molecular flexibility index (Phi) is 7.18. The predicted octanol–water partition coefficient (Wildman–Crippen LogP) is 10.2. The second-order valence-corrected chi connectivity index (χ2v) is 18.9. The number of allylic oxidation sites excluding steroid dienone is 2. The van der Waals surface area contributed by atoms with Crippen molar-refractivity contribution in [3.63, 3.8) is 0 Å². The van der Waals surface area contributed by atoms with Crippen LogP contribution in [0.15, 0.2) is 223 Å². The van der Waals surface area contributed by atoms with Gasteiger partial charge in [0.25, 0.3) is 0 Å². The first kappa shape index (κ1) is 32.7. The van der Waals surface area contributed by atoms with E-state index in [1.165, 1.54) is 37.0 Å². The van der Waals surface area contributed by atoms with Gasteiger partial charge in [0.1, 0.15) is 11.2 Å². The van der Waals surface area contributed by atoms with E-state index < -0.39 is 8.07 Å². The van der Waals surface area contributed by atoms with E-state index in [2.05, 4.69) is 232 Å². The molecule has 0 bridgehead atoms. The van der Waals surface area contributed by atoms with Crippen molar-refractivity contribution in [2.24, 2.45) is 0 Å². The largest absolute Gasteiger partial charge is 0.456 e. The van der Waals surface area contributed by atoms with Crippen molar-refractivity contribution in [3.8, 4) is 5.69 Å². The molecule has 0 spiro atoms. The zero-order valence-electron chi connectivity index (χ0n) is 31.5. The van der Waals surface area contributed by atoms with E-state index in [1.54, 1.807) is 0 Å². The Balaban J connectivity index is 1.08. The van der Waals surface area contributed by atoms with Crippen molar-refractivity contribution in [1.29, 1.82) is 0 Å². The molecule has 8 aromatic carbocycles. The number of aromatic nitrogens is 1. The number of benzene rings is 8. The maximum absolute atomic E-state index is 6.57. The van der Waals surface area contributed by atoms with E-state index in [-0.39, 0.29) is 0 Å². The Bertz CT molecular complexity index is 3230. The molecule has 6 heteroatoms. The molecular formula is C52H36N4OSi. The number of hydrazine groups is 2. The summed E-state index contributed by atoms with van der Waals surface area (Å²) < 4.78 is 9.02. The number of para-hydroxylation sites is 4. The minimum Gasteiger partial charge on any atom is -0.456 e. The van der Waals surface area contributed by atoms with Gasteiger partial charge in [0.2, 0.25) is 0 Å². The highest BCUT2D eigenvalue weighted by molar-refractivity contribution is 7.20. The summed E-state index contributed by atoms with van der Waals surface area (Å²) in [5.41, 5.74) is 8.67. The fourth-order valence-electron chi connectivity index (χ4n) is 9.54. The van der Waals surface area contributed by atoms with Crippen molar-refractivity contribution in [2.75, 3.05) is 10.0 Å². The molecule has 0 N–H and O–H groups in total. The lowest BCUT2D eigenvalue weighted by Gasteiger charge is -2.34. The van der Waals surface area contributed by atoms with Crippen LogP contribution in [0.5, 0.6) is 0 Å². The third-order valence-electron chi connectivity index (χ3n) is 12.0. The van der Waals surface area contributed by atoms with E-state index in [0.29, 0.717) is 0 Å². The molecule has 0 aliphatic carbocycles. The van der Waals surface area contributed by atoms with E-state index in [0.717, 1.165) is 50.2 Å². The Morgan fingerprint density at radius 3 is 1.84 bits per heavy atom. The first-order valence-corrected chi connectivity index (χ1v) is 21.8. The highest BCUT2D eigenvalue weighted by Crippen LogP contribution is 2.46. The zero-order chi connectivity index (χ0) is 38.2. The van der Waals surface area contributed by atoms with E-state index in [9.17, 15) is 0 Å². The number of anilines is 3. The number of hydrogen-bond donors (Lipinski definition) is 0. The lowest BCUT2D eigenvalue weighted by molar-refractivity contribution is 0.408. The normalized spacial score (nSPS) is 13.6. The molecule has 5 nitrogen and oxygen atoms in total. The second kappa shape index (κ2) is 12.7. The van der Waals surface area contributed by atoms with Gasteiger partial charge in [0, 0.05) is 39.6 Å². The van der Waals surface area contributed by atoms with Crippen LogP contribution >= 0.6 is 0 Å². The summed E-state index contributed by atoms with van der Waals surface area (Å²) >= 11 is 0. The molecule has 0 atom stereocenters. The SMILES string of the molecule is C1=CN2c3ccccc3N(c3ccc4c(c3)c3ccccc3n4-c3cccc([Si](c4ccccc4)(c4ccccc4)c4ccc5c(c4)oc4ccccc45)c3)N2C=C1. The molecule has 0 saturated carbocycles. The highest BCUT2D eigenvalue weighted by Gasteiger charge is 2.42. The van der Waals surface area contributed by atoms with Gasteiger partial charge in [-0.2, -0.15) is 5.12 Å². The number of hydrogen-bond acceptors (Lipinski definition) is 4. The van der Waals surface area contributed by atoms with Crippen LogP contribution in [0, 0.1) is 0 Å². The monoisotopic (exact) mass is 760 g/mol. The van der Waals surface area contributed by atoms with Crippen LogP contribution < -0.4 is 30.8 Å². The van der Waals surface area contributed by atoms with Crippen LogP contribution in [0.2, 0.25) is 0 Å². The number of furan rings is 1. The van der Waals surface area contributed by atoms with Gasteiger partial charge in [-0.05, 0) is 93.6 Å². The van der Waals surface area contributed by atoms with E-state index >= 15 is 0 Å². The van der Waals surface area contributed by atoms with Crippen LogP contribution in [0.1, 0.15) is 0 Å². The summed E-state index contributed by atoms with van der Waals surface area (Å²) in [6, 6.07) is 71.1. The third kappa shape index (κ3) is 4.70. The van der Waals surface area contributed by atoms with Gasteiger partial charge in [0.05, 0.1) is 28.1 Å². The second-order valence-electron chi connectivity index (χ2n) is 15.0. The van der Waals surface area contributed by atoms with Gasteiger partial charge in [-0.1, -0.05) is 133 Å². The average molecular weight is 761 g/mol. The summed E-state index contributed by atoms with van der Waals surface area (Å²) in [6.07, 6.45) is 8.38. The summed E-state index contributed by atoms with van der Waals surface area (Å²) in [4.78, 5) is 0. The lowest BCUT2D eigenvalue weighted by atomic mass is 10.1. The zero-order valence-corrected chi connectivity index (χ0v) is 32.5. The van der Waals surface area contributed by atoms with Crippen molar-refractivity contribution >= 4 is 89.6 Å². The molecule has 2 aromatic heterocycles. The van der Waals surface area contributed by atoms with Crippen LogP contribution in [0.3, 0.4) is 0 Å². The number of rotatable bonds is 6. The summed E-state index contributed by atoms with van der Waals surface area (Å²) in [7, 11) is -2.92. The van der Waals surface area contributed by atoms with Gasteiger partial charge in [-0.3, -0.25) is 0 Å². The molecular weight excluding hydrogens is 725 g/mol. The lowest BCUT2D eigenvalue weighted by Crippen LogP contribution is -2.74. The standard InChI is InChI=1S/C52H36N4OSi/c1-3-17-39(18-4-1)58(40-19-5-2-6-20-40,42-29-30-45-44-23-8-12-27-51(44)57-52(45)36-42)41-21-15-16-37(34-41)55-47-24-9-7-22-43(47)46-35-38(28-31-48(46)55)56-50-26-11-10-25-49(50)53-32-13-14-33-54(53)56/h1-36H. The molecule has 58 heavy (non-hydrogen) atoms. The Morgan fingerprint density at radius 2 is 1.02 bits per heavy atom. The fourth-order valence-corrected chi connectivity index (χ4v) is 14.3. The third-order valence-corrected chi connectivity index (χ3v) is 16.8. The van der Waals surface area contributed by atoms with Crippen LogP contribution in [-0.4, -0.2) is 17.8 Å². The molecule has 12 rings (SSSR count). The van der Waals surface area contributed by atoms with Crippen molar-refractivity contribution in [3.05, 3.63) is 219 Å². The van der Waals surface area contributed by atoms with Gasteiger partial charge in [-0.15, -0.1) is 0 Å². The number of nitrogens with zero attached hydrogens (tertiary/aromatic N) is 4. The average Bonchev–Trinajstić information content (AvgIpc) is 3.95. The van der Waals surface area contributed by atoms with Gasteiger partial charge in [0.15, 0.2) is 8.07 Å². The van der Waals surface area contributed by atoms with Crippen molar-refractivity contribution in [2.45, 2.75) is 0 Å². The first-order chi connectivity index (χ1) is 28.8. The van der Waals surface area contributed by atoms with Crippen molar-refractivity contribution in [1.82, 2.24) is 9.69 Å². The van der Waals surface area contributed by atoms with Gasteiger partial charge >= 0.3 is 0 Å². The molecule has 2 aliphatic rings. The molecule has 0 radical (unpaired) electrons. The molecule has 10 aromatic rings. The molecule has 4 heterocycles. The minimum absolute atomic E-state index is 0.911. The maximum Gasteiger partial charge on any atom is 0.179 e.